The third kappa shape index (κ3) is 1.42. The summed E-state index contributed by atoms with van der Waals surface area (Å²) in [6.45, 7) is 1.56. The summed E-state index contributed by atoms with van der Waals surface area (Å²) in [5.74, 6) is 0.0868. The molecule has 3 heteroatoms. The van der Waals surface area contributed by atoms with Gasteiger partial charge < -0.3 is 5.01 Å². The number of rotatable bonds is 2. The van der Waals surface area contributed by atoms with Crippen molar-refractivity contribution in [2.75, 3.05) is 19.1 Å². The monoisotopic (exact) mass is 152 g/mol. The Labute approximate surface area is 66.2 Å². The van der Waals surface area contributed by atoms with Gasteiger partial charge in [0, 0.05) is 27.2 Å². The molecule has 1 rings (SSSR count). The predicted octanol–water partition coefficient (Wildman–Crippen LogP) is 0.888. The van der Waals surface area contributed by atoms with Crippen molar-refractivity contribution >= 4 is 5.78 Å². The number of hydrogen-bond donors (Lipinski definition) is 0. The Kier molecular flexibility index (Phi) is 1.98. The van der Waals surface area contributed by atoms with Crippen LogP contribution in [0, 0.1) is 0 Å². The van der Waals surface area contributed by atoms with Gasteiger partial charge in [-0.05, 0) is 12.1 Å². The van der Waals surface area contributed by atoms with Gasteiger partial charge in [-0.1, -0.05) is 0 Å². The lowest BCUT2D eigenvalue weighted by Crippen LogP contribution is -2.26. The highest BCUT2D eigenvalue weighted by Crippen LogP contribution is 2.01. The van der Waals surface area contributed by atoms with Gasteiger partial charge >= 0.3 is 0 Å². The Bertz CT molecular complexity index is 263. The zero-order valence-corrected chi connectivity index (χ0v) is 7.03. The maximum absolute atomic E-state index is 11.0. The van der Waals surface area contributed by atoms with Crippen molar-refractivity contribution in [3.05, 3.63) is 24.0 Å². The first-order valence-corrected chi connectivity index (χ1v) is 3.49. The fraction of sp³-hybridized carbons (Fsp3) is 0.375. The number of aromatic nitrogens is 1. The predicted molar refractivity (Wildman–Crippen MR) is 44.5 cm³/mol. The van der Waals surface area contributed by atoms with E-state index in [-0.39, 0.29) is 5.78 Å². The van der Waals surface area contributed by atoms with Crippen LogP contribution >= 0.6 is 0 Å². The van der Waals surface area contributed by atoms with Crippen molar-refractivity contribution in [1.29, 1.82) is 0 Å². The van der Waals surface area contributed by atoms with Gasteiger partial charge in [0.2, 0.25) is 0 Å². The molecule has 1 heterocycles. The second-order valence-corrected chi connectivity index (χ2v) is 2.64. The van der Waals surface area contributed by atoms with Crippen LogP contribution in [0.25, 0.3) is 0 Å². The van der Waals surface area contributed by atoms with E-state index in [1.54, 1.807) is 6.92 Å². The lowest BCUT2D eigenvalue weighted by atomic mass is 10.3. The summed E-state index contributed by atoms with van der Waals surface area (Å²) in [7, 11) is 3.79. The lowest BCUT2D eigenvalue weighted by Gasteiger charge is -2.16. The van der Waals surface area contributed by atoms with E-state index in [1.807, 2.05) is 42.1 Å². The summed E-state index contributed by atoms with van der Waals surface area (Å²) >= 11 is 0. The van der Waals surface area contributed by atoms with Crippen molar-refractivity contribution in [2.45, 2.75) is 6.92 Å². The molecule has 0 N–H and O–H groups in total. The highest BCUT2D eigenvalue weighted by molar-refractivity contribution is 5.92. The second-order valence-electron chi connectivity index (χ2n) is 2.64. The van der Waals surface area contributed by atoms with Crippen LogP contribution in [0.3, 0.4) is 0 Å². The van der Waals surface area contributed by atoms with Gasteiger partial charge in [-0.25, -0.2) is 0 Å². The third-order valence-electron chi connectivity index (χ3n) is 1.52. The minimum Gasteiger partial charge on any atom is -0.319 e. The molecule has 0 unspecified atom stereocenters. The number of carbonyl (C=O) groups excluding carboxylic acids is 1. The van der Waals surface area contributed by atoms with Crippen LogP contribution in [0.2, 0.25) is 0 Å². The molecule has 1 aromatic rings. The van der Waals surface area contributed by atoms with Crippen LogP contribution in [0.1, 0.15) is 17.4 Å². The number of ketones is 1. The van der Waals surface area contributed by atoms with Crippen LogP contribution in [0.15, 0.2) is 18.3 Å². The topological polar surface area (TPSA) is 25.2 Å². The molecule has 0 saturated heterocycles. The standard InChI is InChI=1S/C8H12N2O/c1-7(11)8-5-4-6-10(8)9(2)3/h4-6H,1-3H3. The fourth-order valence-electron chi connectivity index (χ4n) is 1.000. The SMILES string of the molecule is CC(=O)c1cccn1N(C)C. The Hall–Kier alpha value is -1.25. The van der Waals surface area contributed by atoms with E-state index in [0.29, 0.717) is 0 Å². The molecule has 0 aliphatic rings. The van der Waals surface area contributed by atoms with Crippen molar-refractivity contribution in [2.24, 2.45) is 0 Å². The van der Waals surface area contributed by atoms with Gasteiger partial charge in [0.1, 0.15) is 5.69 Å². The molecule has 0 atom stereocenters. The highest BCUT2D eigenvalue weighted by atomic mass is 16.1. The molecule has 11 heavy (non-hydrogen) atoms. The van der Waals surface area contributed by atoms with E-state index in [0.717, 1.165) is 5.69 Å². The smallest absolute Gasteiger partial charge is 0.178 e. The molecule has 0 radical (unpaired) electrons. The fourth-order valence-corrected chi connectivity index (χ4v) is 1.000. The largest absolute Gasteiger partial charge is 0.319 e. The Morgan fingerprint density at radius 3 is 2.55 bits per heavy atom. The minimum absolute atomic E-state index is 0.0868. The average molecular weight is 152 g/mol. The Balaban J connectivity index is 3.06. The molecule has 0 amide bonds. The summed E-state index contributed by atoms with van der Waals surface area (Å²) in [6, 6.07) is 3.67. The van der Waals surface area contributed by atoms with Gasteiger partial charge in [0.05, 0.1) is 0 Å². The molecule has 0 bridgehead atoms. The Morgan fingerprint density at radius 2 is 2.18 bits per heavy atom. The zero-order chi connectivity index (χ0) is 8.43. The molecule has 3 nitrogen and oxygen atoms in total. The van der Waals surface area contributed by atoms with Gasteiger partial charge in [-0.3, -0.25) is 9.47 Å². The number of carbonyl (C=O) groups is 1. The summed E-state index contributed by atoms with van der Waals surface area (Å²) in [5.41, 5.74) is 0.718. The first-order valence-electron chi connectivity index (χ1n) is 3.49. The van der Waals surface area contributed by atoms with Crippen LogP contribution < -0.4 is 5.01 Å². The van der Waals surface area contributed by atoms with Crippen molar-refractivity contribution in [3.63, 3.8) is 0 Å². The quantitative estimate of drug-likeness (QED) is 0.588. The first-order chi connectivity index (χ1) is 5.13. The number of hydrogen-bond acceptors (Lipinski definition) is 2. The summed E-state index contributed by atoms with van der Waals surface area (Å²) in [4.78, 5) is 11.0. The number of nitrogens with zero attached hydrogens (tertiary/aromatic N) is 2. The third-order valence-corrected chi connectivity index (χ3v) is 1.52. The van der Waals surface area contributed by atoms with Crippen molar-refractivity contribution in [1.82, 2.24) is 4.68 Å². The van der Waals surface area contributed by atoms with E-state index in [2.05, 4.69) is 0 Å². The molecular weight excluding hydrogens is 140 g/mol. The molecule has 0 aliphatic heterocycles. The molecule has 0 aromatic carbocycles. The van der Waals surface area contributed by atoms with E-state index in [9.17, 15) is 4.79 Å². The van der Waals surface area contributed by atoms with Crippen LogP contribution in [-0.4, -0.2) is 24.6 Å². The van der Waals surface area contributed by atoms with E-state index < -0.39 is 0 Å². The summed E-state index contributed by atoms with van der Waals surface area (Å²) in [6.07, 6.45) is 1.86. The molecule has 0 fully saturated rings. The zero-order valence-electron chi connectivity index (χ0n) is 7.03. The van der Waals surface area contributed by atoms with Gasteiger partial charge in [0.25, 0.3) is 0 Å². The molecule has 0 aliphatic carbocycles. The first kappa shape index (κ1) is 7.85. The average Bonchev–Trinajstić information content (AvgIpc) is 2.32. The van der Waals surface area contributed by atoms with Crippen LogP contribution in [-0.2, 0) is 0 Å². The number of Topliss-reactive ketones (excluding diaryl/α,β-unsaturated/α-hetero) is 1. The van der Waals surface area contributed by atoms with Gasteiger partial charge in [0.15, 0.2) is 5.78 Å². The van der Waals surface area contributed by atoms with E-state index >= 15 is 0 Å². The lowest BCUT2D eigenvalue weighted by molar-refractivity contribution is 0.100. The van der Waals surface area contributed by atoms with E-state index in [4.69, 9.17) is 0 Å². The minimum atomic E-state index is 0.0868. The highest BCUT2D eigenvalue weighted by Gasteiger charge is 2.05. The second kappa shape index (κ2) is 2.78. The van der Waals surface area contributed by atoms with Gasteiger partial charge in [-0.15, -0.1) is 0 Å². The molecule has 0 spiro atoms. The summed E-state index contributed by atoms with van der Waals surface area (Å²) in [5, 5.41) is 1.86. The van der Waals surface area contributed by atoms with E-state index in [1.165, 1.54) is 0 Å². The molecular formula is C8H12N2O. The van der Waals surface area contributed by atoms with Crippen LogP contribution in [0.4, 0.5) is 0 Å². The maximum atomic E-state index is 11.0. The van der Waals surface area contributed by atoms with Crippen molar-refractivity contribution in [3.8, 4) is 0 Å². The summed E-state index contributed by atoms with van der Waals surface area (Å²) < 4.78 is 1.81. The van der Waals surface area contributed by atoms with Crippen molar-refractivity contribution < 1.29 is 4.79 Å². The molecule has 60 valence electrons. The van der Waals surface area contributed by atoms with Crippen LogP contribution in [0.5, 0.6) is 0 Å². The van der Waals surface area contributed by atoms with Gasteiger partial charge in [-0.2, -0.15) is 0 Å². The normalized spacial score (nSPS) is 9.73. The maximum Gasteiger partial charge on any atom is 0.178 e. The molecule has 0 saturated carbocycles. The molecule has 1 aromatic heterocycles. The Morgan fingerprint density at radius 1 is 1.55 bits per heavy atom.